The molecule has 1 unspecified atom stereocenters. The second-order valence-corrected chi connectivity index (χ2v) is 6.41. The third kappa shape index (κ3) is 3.14. The molecule has 0 saturated carbocycles. The largest absolute Gasteiger partial charge is 0.321 e. The topological polar surface area (TPSA) is 33.5 Å². The van der Waals surface area contributed by atoms with E-state index in [1.165, 1.54) is 27.5 Å². The van der Waals surface area contributed by atoms with Gasteiger partial charge in [-0.3, -0.25) is 4.79 Å². The summed E-state index contributed by atoms with van der Waals surface area (Å²) in [6.07, 6.45) is 1.04. The van der Waals surface area contributed by atoms with Crippen LogP contribution in [0.25, 0.3) is 0 Å². The van der Waals surface area contributed by atoms with Gasteiger partial charge >= 0.3 is 0 Å². The average Bonchev–Trinajstić information content (AvgIpc) is 2.94. The molecule has 0 aliphatic carbocycles. The smallest absolute Gasteiger partial charge is 0.279 e. The molecular formula is C16H18FN2OS+. The van der Waals surface area contributed by atoms with Crippen molar-refractivity contribution in [2.75, 3.05) is 18.4 Å². The number of halogens is 1. The normalized spacial score (nSPS) is 20.9. The molecule has 5 heteroatoms. The Kier molecular flexibility index (Phi) is 4.03. The number of carbonyl (C=O) groups is 1. The van der Waals surface area contributed by atoms with E-state index in [1.807, 2.05) is 0 Å². The summed E-state index contributed by atoms with van der Waals surface area (Å²) < 4.78 is 12.8. The first-order valence-corrected chi connectivity index (χ1v) is 7.97. The number of rotatable bonds is 3. The number of fused-ring (bicyclic) bond motifs is 1. The minimum Gasteiger partial charge on any atom is -0.321 e. The molecule has 1 amide bonds. The molecular weight excluding hydrogens is 287 g/mol. The molecule has 1 aliphatic rings. The van der Waals surface area contributed by atoms with Crippen LogP contribution >= 0.6 is 11.3 Å². The molecule has 0 saturated heterocycles. The molecule has 0 radical (unpaired) electrons. The van der Waals surface area contributed by atoms with E-state index in [0.717, 1.165) is 13.0 Å². The van der Waals surface area contributed by atoms with Crippen molar-refractivity contribution in [3.8, 4) is 0 Å². The van der Waals surface area contributed by atoms with Gasteiger partial charge in [0.05, 0.1) is 6.54 Å². The molecule has 110 valence electrons. The van der Waals surface area contributed by atoms with Crippen LogP contribution in [0.2, 0.25) is 0 Å². The van der Waals surface area contributed by atoms with Gasteiger partial charge in [-0.15, -0.1) is 11.3 Å². The number of thiophene rings is 1. The number of quaternary nitrogens is 1. The molecule has 0 spiro atoms. The van der Waals surface area contributed by atoms with Crippen molar-refractivity contribution in [2.45, 2.75) is 19.4 Å². The van der Waals surface area contributed by atoms with Crippen molar-refractivity contribution >= 4 is 22.9 Å². The Balaban J connectivity index is 1.62. The van der Waals surface area contributed by atoms with Gasteiger partial charge in [0.15, 0.2) is 6.54 Å². The number of amides is 1. The van der Waals surface area contributed by atoms with Gasteiger partial charge < -0.3 is 10.2 Å². The molecule has 2 N–H and O–H groups in total. The van der Waals surface area contributed by atoms with Crippen molar-refractivity contribution in [2.24, 2.45) is 0 Å². The zero-order valence-corrected chi connectivity index (χ0v) is 12.7. The molecule has 2 aromatic rings. The highest BCUT2D eigenvalue weighted by molar-refractivity contribution is 7.10. The number of hydrogen-bond donors (Lipinski definition) is 2. The molecule has 1 aromatic heterocycles. The fraction of sp³-hybridized carbons (Fsp3) is 0.312. The maximum atomic E-state index is 12.8. The van der Waals surface area contributed by atoms with Crippen molar-refractivity contribution in [1.82, 2.24) is 0 Å². The first-order valence-electron chi connectivity index (χ1n) is 7.10. The molecule has 3 nitrogen and oxygen atoms in total. The van der Waals surface area contributed by atoms with E-state index >= 15 is 0 Å². The van der Waals surface area contributed by atoms with Crippen LogP contribution in [0.1, 0.15) is 23.4 Å². The van der Waals surface area contributed by atoms with Crippen LogP contribution in [0, 0.1) is 5.82 Å². The Bertz CT molecular complexity index is 638. The summed E-state index contributed by atoms with van der Waals surface area (Å²) in [6, 6.07) is 8.38. The van der Waals surface area contributed by atoms with E-state index in [-0.39, 0.29) is 11.7 Å². The van der Waals surface area contributed by atoms with Gasteiger partial charge in [0.25, 0.3) is 5.91 Å². The molecule has 21 heavy (non-hydrogen) atoms. The van der Waals surface area contributed by atoms with Gasteiger partial charge in [-0.25, -0.2) is 4.39 Å². The molecule has 0 fully saturated rings. The monoisotopic (exact) mass is 305 g/mol. The Morgan fingerprint density at radius 1 is 1.38 bits per heavy atom. The molecule has 2 atom stereocenters. The highest BCUT2D eigenvalue weighted by Gasteiger charge is 2.29. The van der Waals surface area contributed by atoms with Crippen LogP contribution in [0.15, 0.2) is 35.7 Å². The standard InChI is InChI=1S/C16H17FN2OS/c1-11-14-7-9-21-15(14)6-8-19(11)10-16(20)18-13-4-2-12(17)3-5-13/h2-5,7,9,11H,6,8,10H2,1H3,(H,18,20)/p+1/t11-/m1/s1. The summed E-state index contributed by atoms with van der Waals surface area (Å²) in [7, 11) is 0. The Hall–Kier alpha value is -1.72. The number of benzene rings is 1. The fourth-order valence-electron chi connectivity index (χ4n) is 2.84. The van der Waals surface area contributed by atoms with Crippen molar-refractivity contribution in [3.63, 3.8) is 0 Å². The first-order chi connectivity index (χ1) is 10.1. The van der Waals surface area contributed by atoms with Crippen molar-refractivity contribution < 1.29 is 14.1 Å². The quantitative estimate of drug-likeness (QED) is 0.894. The lowest BCUT2D eigenvalue weighted by Gasteiger charge is -2.29. The van der Waals surface area contributed by atoms with Crippen LogP contribution in [0.5, 0.6) is 0 Å². The highest BCUT2D eigenvalue weighted by Crippen LogP contribution is 2.24. The lowest BCUT2D eigenvalue weighted by molar-refractivity contribution is -0.923. The molecule has 3 rings (SSSR count). The summed E-state index contributed by atoms with van der Waals surface area (Å²) in [5.41, 5.74) is 2.01. The van der Waals surface area contributed by atoms with Gasteiger partial charge in [0.2, 0.25) is 0 Å². The Labute approximate surface area is 127 Å². The summed E-state index contributed by atoms with van der Waals surface area (Å²) in [5, 5.41) is 4.96. The lowest BCUT2D eigenvalue weighted by atomic mass is 10.0. The Morgan fingerprint density at radius 2 is 2.14 bits per heavy atom. The Morgan fingerprint density at radius 3 is 2.90 bits per heavy atom. The summed E-state index contributed by atoms with van der Waals surface area (Å²) >= 11 is 1.80. The minimum atomic E-state index is -0.298. The second-order valence-electron chi connectivity index (χ2n) is 5.41. The second kappa shape index (κ2) is 5.95. The molecule has 1 aliphatic heterocycles. The maximum absolute atomic E-state index is 12.8. The molecule has 0 bridgehead atoms. The average molecular weight is 305 g/mol. The van der Waals surface area contributed by atoms with Crippen LogP contribution in [0.4, 0.5) is 10.1 Å². The number of anilines is 1. The van der Waals surface area contributed by atoms with Gasteiger partial charge in [-0.05, 0) is 42.6 Å². The predicted octanol–water partition coefficient (Wildman–Crippen LogP) is 2.03. The third-order valence-electron chi connectivity index (χ3n) is 4.05. The van der Waals surface area contributed by atoms with Gasteiger partial charge in [-0.1, -0.05) is 0 Å². The van der Waals surface area contributed by atoms with E-state index in [9.17, 15) is 9.18 Å². The lowest BCUT2D eigenvalue weighted by Crippen LogP contribution is -3.14. The van der Waals surface area contributed by atoms with E-state index in [0.29, 0.717) is 18.3 Å². The first kappa shape index (κ1) is 14.2. The van der Waals surface area contributed by atoms with E-state index < -0.39 is 0 Å². The summed E-state index contributed by atoms with van der Waals surface area (Å²) in [5.74, 6) is -0.324. The SMILES string of the molecule is C[C@@H]1c2ccsc2CC[NH+]1CC(=O)Nc1ccc(F)cc1. The van der Waals surface area contributed by atoms with Crippen LogP contribution in [-0.2, 0) is 11.2 Å². The predicted molar refractivity (Wildman–Crippen MR) is 82.2 cm³/mol. The van der Waals surface area contributed by atoms with Gasteiger partial charge in [-0.2, -0.15) is 0 Å². The van der Waals surface area contributed by atoms with Gasteiger partial charge in [0.1, 0.15) is 11.9 Å². The van der Waals surface area contributed by atoms with Crippen LogP contribution in [0.3, 0.4) is 0 Å². The number of hydrogen-bond acceptors (Lipinski definition) is 2. The van der Waals surface area contributed by atoms with Crippen molar-refractivity contribution in [3.05, 3.63) is 52.0 Å². The zero-order chi connectivity index (χ0) is 14.8. The summed E-state index contributed by atoms with van der Waals surface area (Å²) in [6.45, 7) is 3.59. The van der Waals surface area contributed by atoms with Crippen LogP contribution < -0.4 is 10.2 Å². The van der Waals surface area contributed by atoms with E-state index in [4.69, 9.17) is 0 Å². The van der Waals surface area contributed by atoms with E-state index in [1.54, 1.807) is 23.5 Å². The zero-order valence-electron chi connectivity index (χ0n) is 11.9. The molecule has 1 aromatic carbocycles. The molecule has 2 heterocycles. The van der Waals surface area contributed by atoms with Crippen LogP contribution in [-0.4, -0.2) is 19.0 Å². The number of carbonyl (C=O) groups excluding carboxylic acids is 1. The summed E-state index contributed by atoms with van der Waals surface area (Å²) in [4.78, 5) is 14.9. The maximum Gasteiger partial charge on any atom is 0.279 e. The third-order valence-corrected chi connectivity index (χ3v) is 5.04. The number of nitrogens with one attached hydrogen (secondary N) is 2. The van der Waals surface area contributed by atoms with E-state index in [2.05, 4.69) is 23.7 Å². The minimum absolute atomic E-state index is 0.0258. The van der Waals surface area contributed by atoms with Gasteiger partial charge in [0, 0.05) is 22.5 Å². The van der Waals surface area contributed by atoms with Crippen molar-refractivity contribution in [1.29, 1.82) is 0 Å². The fourth-order valence-corrected chi connectivity index (χ4v) is 3.82. The highest BCUT2D eigenvalue weighted by atomic mass is 32.1.